The van der Waals surface area contributed by atoms with Gasteiger partial charge in [0.05, 0.1) is 5.56 Å². The normalized spacial score (nSPS) is 33.2. The summed E-state index contributed by atoms with van der Waals surface area (Å²) in [7, 11) is 0. The molecule has 0 saturated carbocycles. The third kappa shape index (κ3) is 2.28. The summed E-state index contributed by atoms with van der Waals surface area (Å²) < 4.78 is 0. The van der Waals surface area contributed by atoms with E-state index in [-0.39, 0.29) is 29.2 Å². The van der Waals surface area contributed by atoms with E-state index < -0.39 is 57.9 Å². The number of carbonyl (C=O) groups is 3. The minimum Gasteiger partial charge on any atom is -0.511 e. The summed E-state index contributed by atoms with van der Waals surface area (Å²) in [4.78, 5) is 38.1. The molecule has 3 aliphatic rings. The van der Waals surface area contributed by atoms with Gasteiger partial charge in [0.15, 0.2) is 11.4 Å². The number of aliphatic hydroxyl groups is 3. The summed E-state index contributed by atoms with van der Waals surface area (Å²) in [5.74, 6) is -7.29. The molecule has 8 heteroatoms. The zero-order chi connectivity index (χ0) is 22.1. The maximum Gasteiger partial charge on any atom is 0.255 e. The molecule has 158 valence electrons. The summed E-state index contributed by atoms with van der Waals surface area (Å²) in [5, 5.41) is 43.2. The zero-order valence-corrected chi connectivity index (χ0v) is 16.5. The number of amides is 1. The Bertz CT molecular complexity index is 1070. The molecule has 5 atom stereocenters. The average molecular weight is 413 g/mol. The fraction of sp³-hybridized carbons (Fsp3) is 0.409. The summed E-state index contributed by atoms with van der Waals surface area (Å²) in [6.45, 7) is 3.44. The van der Waals surface area contributed by atoms with Gasteiger partial charge in [0.2, 0.25) is 5.78 Å². The number of hydrogen-bond acceptors (Lipinski definition) is 7. The lowest BCUT2D eigenvalue weighted by molar-refractivity contribution is -0.147. The van der Waals surface area contributed by atoms with Gasteiger partial charge in [-0.15, -0.1) is 0 Å². The number of aliphatic hydroxyl groups excluding tert-OH is 2. The number of phenolic OH excluding ortho intramolecular Hbond substituents is 1. The van der Waals surface area contributed by atoms with Gasteiger partial charge in [-0.2, -0.15) is 0 Å². The molecule has 1 aromatic carbocycles. The molecule has 1 aromatic rings. The van der Waals surface area contributed by atoms with E-state index in [1.807, 2.05) is 6.92 Å². The predicted molar refractivity (Wildman–Crippen MR) is 105 cm³/mol. The van der Waals surface area contributed by atoms with Gasteiger partial charge in [-0.25, -0.2) is 0 Å². The van der Waals surface area contributed by atoms with E-state index in [0.29, 0.717) is 12.0 Å². The van der Waals surface area contributed by atoms with Crippen LogP contribution < -0.4 is 5.73 Å². The summed E-state index contributed by atoms with van der Waals surface area (Å²) in [5.41, 5.74) is 2.44. The number of Topliss-reactive ketones (excluding diaryl/α,β-unsaturated/α-hetero) is 2. The van der Waals surface area contributed by atoms with Crippen molar-refractivity contribution in [2.45, 2.75) is 38.2 Å². The van der Waals surface area contributed by atoms with Gasteiger partial charge in [-0.3, -0.25) is 14.4 Å². The van der Waals surface area contributed by atoms with E-state index >= 15 is 0 Å². The first-order valence-corrected chi connectivity index (χ1v) is 9.87. The van der Waals surface area contributed by atoms with E-state index in [1.165, 1.54) is 13.0 Å². The molecule has 4 rings (SSSR count). The maximum atomic E-state index is 13.3. The molecule has 8 nitrogen and oxygen atoms in total. The fourth-order valence-corrected chi connectivity index (χ4v) is 5.53. The number of benzene rings is 1. The molecule has 0 fully saturated rings. The quantitative estimate of drug-likeness (QED) is 0.462. The van der Waals surface area contributed by atoms with Crippen molar-refractivity contribution in [3.63, 3.8) is 0 Å². The third-order valence-electron chi connectivity index (χ3n) is 7.01. The van der Waals surface area contributed by atoms with Crippen LogP contribution in [0.15, 0.2) is 40.9 Å². The van der Waals surface area contributed by atoms with Crippen LogP contribution in [-0.2, 0) is 9.59 Å². The van der Waals surface area contributed by atoms with Crippen LogP contribution in [0.5, 0.6) is 5.75 Å². The average Bonchev–Trinajstić information content (AvgIpc) is 2.68. The molecular formula is C22H23NO7. The van der Waals surface area contributed by atoms with Gasteiger partial charge in [0.1, 0.15) is 22.8 Å². The van der Waals surface area contributed by atoms with Gasteiger partial charge in [-0.05, 0) is 36.3 Å². The van der Waals surface area contributed by atoms with Crippen molar-refractivity contribution < 1.29 is 34.8 Å². The van der Waals surface area contributed by atoms with Crippen LogP contribution in [0.4, 0.5) is 0 Å². The number of phenols is 1. The summed E-state index contributed by atoms with van der Waals surface area (Å²) >= 11 is 0. The SMILES string of the molecule is CC[C@H]1c2cccc(O)c2C(=O)C2=C(O)[C@]3(O)C(=O)C(C(N)=O)=C(O)[C@@H](C)[C@@H]3C[C@@H]21. The van der Waals surface area contributed by atoms with Crippen molar-refractivity contribution in [3.05, 3.63) is 52.0 Å². The van der Waals surface area contributed by atoms with Gasteiger partial charge in [0.25, 0.3) is 5.91 Å². The van der Waals surface area contributed by atoms with Crippen molar-refractivity contribution in [1.29, 1.82) is 0 Å². The number of ketones is 2. The first-order chi connectivity index (χ1) is 14.1. The number of allylic oxidation sites excluding steroid dienone is 2. The van der Waals surface area contributed by atoms with Crippen LogP contribution in [0.3, 0.4) is 0 Å². The first-order valence-electron chi connectivity index (χ1n) is 9.87. The number of rotatable bonds is 2. The van der Waals surface area contributed by atoms with Crippen LogP contribution in [-0.4, -0.2) is 43.5 Å². The van der Waals surface area contributed by atoms with E-state index in [4.69, 9.17) is 5.73 Å². The number of primary amides is 1. The van der Waals surface area contributed by atoms with Crippen molar-refractivity contribution in [2.75, 3.05) is 0 Å². The van der Waals surface area contributed by atoms with Crippen LogP contribution in [0.1, 0.15) is 48.5 Å². The minimum atomic E-state index is -2.56. The molecule has 3 aliphatic carbocycles. The molecule has 0 aromatic heterocycles. The van der Waals surface area contributed by atoms with Crippen molar-refractivity contribution in [3.8, 4) is 5.75 Å². The topological polar surface area (TPSA) is 158 Å². The van der Waals surface area contributed by atoms with Gasteiger partial charge in [-0.1, -0.05) is 26.0 Å². The second-order valence-corrected chi connectivity index (χ2v) is 8.30. The van der Waals surface area contributed by atoms with Gasteiger partial charge in [0, 0.05) is 17.4 Å². The summed E-state index contributed by atoms with van der Waals surface area (Å²) in [6, 6.07) is 4.74. The van der Waals surface area contributed by atoms with E-state index in [0.717, 1.165) is 0 Å². The molecule has 30 heavy (non-hydrogen) atoms. The number of aromatic hydroxyl groups is 1. The monoisotopic (exact) mass is 413 g/mol. The fourth-order valence-electron chi connectivity index (χ4n) is 5.53. The third-order valence-corrected chi connectivity index (χ3v) is 7.01. The largest absolute Gasteiger partial charge is 0.511 e. The van der Waals surface area contributed by atoms with Crippen molar-refractivity contribution in [1.82, 2.24) is 0 Å². The minimum absolute atomic E-state index is 0.0361. The Kier molecular flexibility index (Phi) is 4.32. The van der Waals surface area contributed by atoms with Crippen molar-refractivity contribution in [2.24, 2.45) is 23.5 Å². The highest BCUT2D eigenvalue weighted by atomic mass is 16.3. The molecule has 0 heterocycles. The highest BCUT2D eigenvalue weighted by Crippen LogP contribution is 2.56. The number of fused-ring (bicyclic) bond motifs is 3. The smallest absolute Gasteiger partial charge is 0.255 e. The van der Waals surface area contributed by atoms with Crippen LogP contribution in [0, 0.1) is 17.8 Å². The second kappa shape index (κ2) is 6.43. The second-order valence-electron chi connectivity index (χ2n) is 8.30. The standard InChI is InChI=1S/C22H23NO7/c1-3-9-10-5-4-6-13(24)14(10)18(26)15-11(9)7-12-8(2)17(25)16(21(23)29)20(28)22(12,30)19(15)27/h4-6,8-9,11-12,24-25,27,30H,3,7H2,1-2H3,(H2,23,29)/t8-,9-,11+,12-,22-/m0/s1. The molecule has 6 N–H and O–H groups in total. The molecule has 0 unspecified atom stereocenters. The van der Waals surface area contributed by atoms with E-state index in [9.17, 15) is 34.8 Å². The Morgan fingerprint density at radius 2 is 1.90 bits per heavy atom. The number of carbonyl (C=O) groups excluding carboxylic acids is 3. The Labute approximate surface area is 172 Å². The lowest BCUT2D eigenvalue weighted by atomic mass is 9.55. The first kappa shape index (κ1) is 20.2. The molecular weight excluding hydrogens is 390 g/mol. The van der Waals surface area contributed by atoms with Crippen LogP contribution in [0.2, 0.25) is 0 Å². The van der Waals surface area contributed by atoms with Gasteiger partial charge < -0.3 is 26.2 Å². The number of hydrogen-bond donors (Lipinski definition) is 5. The van der Waals surface area contributed by atoms with E-state index in [1.54, 1.807) is 12.1 Å². The molecule has 0 aliphatic heterocycles. The molecule has 0 saturated heterocycles. The number of nitrogens with two attached hydrogens (primary N) is 1. The highest BCUT2D eigenvalue weighted by Gasteiger charge is 2.62. The van der Waals surface area contributed by atoms with Gasteiger partial charge >= 0.3 is 0 Å². The zero-order valence-electron chi connectivity index (χ0n) is 16.5. The Morgan fingerprint density at radius 1 is 1.23 bits per heavy atom. The maximum absolute atomic E-state index is 13.3. The van der Waals surface area contributed by atoms with Crippen LogP contribution >= 0.6 is 0 Å². The Hall–Kier alpha value is -3.13. The Balaban J connectivity index is 2.00. The summed E-state index contributed by atoms with van der Waals surface area (Å²) in [6.07, 6.45) is 0.700. The molecule has 0 bridgehead atoms. The lowest BCUT2D eigenvalue weighted by Gasteiger charge is -2.49. The Morgan fingerprint density at radius 3 is 2.50 bits per heavy atom. The molecule has 0 spiro atoms. The lowest BCUT2D eigenvalue weighted by Crippen LogP contribution is -2.59. The van der Waals surface area contributed by atoms with Crippen molar-refractivity contribution >= 4 is 17.5 Å². The highest BCUT2D eigenvalue weighted by molar-refractivity contribution is 6.24. The molecule has 1 amide bonds. The van der Waals surface area contributed by atoms with Crippen LogP contribution in [0.25, 0.3) is 0 Å². The predicted octanol–water partition coefficient (Wildman–Crippen LogP) is 1.78. The molecule has 0 radical (unpaired) electrons. The van der Waals surface area contributed by atoms with E-state index in [2.05, 4.69) is 0 Å².